The fourth-order valence-electron chi connectivity index (χ4n) is 1.15. The molecule has 0 atom stereocenters. The Balaban J connectivity index is 2.29. The van der Waals surface area contributed by atoms with Crippen molar-refractivity contribution in [3.63, 3.8) is 0 Å². The van der Waals surface area contributed by atoms with E-state index >= 15 is 0 Å². The Morgan fingerprint density at radius 1 is 1.33 bits per heavy atom. The zero-order chi connectivity index (χ0) is 13.3. The fourth-order valence-corrected chi connectivity index (χ4v) is 1.15. The van der Waals surface area contributed by atoms with Crippen LogP contribution in [0.1, 0.15) is 0 Å². The molecule has 2 aromatic heterocycles. The van der Waals surface area contributed by atoms with Crippen molar-refractivity contribution in [1.82, 2.24) is 19.9 Å². The van der Waals surface area contributed by atoms with Crippen LogP contribution in [-0.2, 0) is 4.79 Å². The van der Waals surface area contributed by atoms with Gasteiger partial charge in [0.1, 0.15) is 11.8 Å². The number of hydrogen-bond donors (Lipinski definition) is 2. The molecule has 0 fully saturated rings. The van der Waals surface area contributed by atoms with Gasteiger partial charge in [0.25, 0.3) is 0 Å². The fraction of sp³-hybridized carbons (Fsp3) is 0.250. The van der Waals surface area contributed by atoms with E-state index in [2.05, 4.69) is 19.9 Å². The molecule has 0 aliphatic carbocycles. The Morgan fingerprint density at radius 3 is 2.72 bits per heavy atom. The van der Waals surface area contributed by atoms with Gasteiger partial charge in [-0.05, 0) is 0 Å². The summed E-state index contributed by atoms with van der Waals surface area (Å²) in [6, 6.07) is 0. The van der Waals surface area contributed by atoms with Crippen LogP contribution in [0.5, 0.6) is 0 Å². The molecule has 0 aliphatic heterocycles. The third-order valence-corrected chi connectivity index (χ3v) is 2.03. The number of carbonyl (C=O) groups excluding carboxylic acids is 1. The highest BCUT2D eigenvalue weighted by molar-refractivity contribution is 6.00. The van der Waals surface area contributed by atoms with Gasteiger partial charge < -0.3 is 10.3 Å². The number of H-pyrrole nitrogens is 1. The third kappa shape index (κ3) is 1.96. The number of nitrogens with one attached hydrogen (secondary N) is 2. The van der Waals surface area contributed by atoms with E-state index in [0.717, 1.165) is 6.33 Å². The number of imidazole rings is 1. The number of aromatic amines is 1. The molecule has 6 nitrogen and oxygen atoms in total. The molecule has 2 N–H and O–H groups in total. The van der Waals surface area contributed by atoms with E-state index in [0.29, 0.717) is 0 Å². The summed E-state index contributed by atoms with van der Waals surface area (Å²) in [7, 11) is 0. The number of alkyl halides is 4. The molecule has 0 aliphatic rings. The summed E-state index contributed by atoms with van der Waals surface area (Å²) >= 11 is 0. The molecule has 0 spiro atoms. The van der Waals surface area contributed by atoms with Crippen LogP contribution in [0.4, 0.5) is 23.4 Å². The second-order valence-electron chi connectivity index (χ2n) is 3.20. The third-order valence-electron chi connectivity index (χ3n) is 2.03. The second kappa shape index (κ2) is 4.20. The average Bonchev–Trinajstić information content (AvgIpc) is 2.77. The lowest BCUT2D eigenvalue weighted by Crippen LogP contribution is -2.41. The number of rotatable bonds is 3. The van der Waals surface area contributed by atoms with Gasteiger partial charge in [0.05, 0.1) is 6.33 Å². The lowest BCUT2D eigenvalue weighted by molar-refractivity contribution is -0.163. The Morgan fingerprint density at radius 2 is 2.06 bits per heavy atom. The molecule has 18 heavy (non-hydrogen) atoms. The standard InChI is InChI=1S/C8H5F4N5O/c9-6(10)8(11,12)7(18)17-5-3-4(14-1-13-3)15-2-16-5/h1-2,6H,(H2,13,14,15,16,17,18). The quantitative estimate of drug-likeness (QED) is 0.815. The monoisotopic (exact) mass is 263 g/mol. The molecule has 10 heteroatoms. The Kier molecular flexibility index (Phi) is 2.85. The number of anilines is 1. The van der Waals surface area contributed by atoms with Gasteiger partial charge in [0.15, 0.2) is 11.5 Å². The van der Waals surface area contributed by atoms with E-state index in [1.165, 1.54) is 6.33 Å². The van der Waals surface area contributed by atoms with E-state index in [9.17, 15) is 22.4 Å². The summed E-state index contributed by atoms with van der Waals surface area (Å²) in [4.78, 5) is 24.4. The van der Waals surface area contributed by atoms with Crippen molar-refractivity contribution in [2.75, 3.05) is 5.32 Å². The Bertz CT molecular complexity index is 584. The maximum Gasteiger partial charge on any atom is 0.383 e. The molecule has 2 rings (SSSR count). The first-order valence-corrected chi connectivity index (χ1v) is 4.54. The maximum atomic E-state index is 12.7. The minimum Gasteiger partial charge on any atom is -0.340 e. The first kappa shape index (κ1) is 12.2. The number of carbonyl (C=O) groups is 1. The van der Waals surface area contributed by atoms with Crippen LogP contribution in [-0.4, -0.2) is 38.2 Å². The molecular weight excluding hydrogens is 258 g/mol. The van der Waals surface area contributed by atoms with E-state index in [1.807, 2.05) is 0 Å². The zero-order valence-electron chi connectivity index (χ0n) is 8.49. The lowest BCUT2D eigenvalue weighted by Gasteiger charge is -2.14. The summed E-state index contributed by atoms with van der Waals surface area (Å²) in [5.74, 6) is -7.29. The molecule has 0 saturated heterocycles. The molecule has 0 unspecified atom stereocenters. The summed E-state index contributed by atoms with van der Waals surface area (Å²) in [6.45, 7) is 0. The molecule has 96 valence electrons. The molecule has 2 heterocycles. The predicted octanol–water partition coefficient (Wildman–Crippen LogP) is 1.19. The van der Waals surface area contributed by atoms with Gasteiger partial charge in [-0.2, -0.15) is 8.78 Å². The second-order valence-corrected chi connectivity index (χ2v) is 3.20. The number of nitrogens with zero attached hydrogens (tertiary/aromatic N) is 3. The largest absolute Gasteiger partial charge is 0.383 e. The maximum absolute atomic E-state index is 12.7. The van der Waals surface area contributed by atoms with Gasteiger partial charge in [-0.1, -0.05) is 0 Å². The predicted molar refractivity (Wildman–Crippen MR) is 51.3 cm³/mol. The zero-order valence-corrected chi connectivity index (χ0v) is 8.49. The number of amides is 1. The van der Waals surface area contributed by atoms with Gasteiger partial charge in [0.2, 0.25) is 0 Å². The van der Waals surface area contributed by atoms with Crippen molar-refractivity contribution >= 4 is 22.9 Å². The van der Waals surface area contributed by atoms with Crippen molar-refractivity contribution in [2.24, 2.45) is 0 Å². The van der Waals surface area contributed by atoms with Crippen LogP contribution in [0.25, 0.3) is 11.2 Å². The highest BCUT2D eigenvalue weighted by Gasteiger charge is 2.49. The van der Waals surface area contributed by atoms with Crippen LogP contribution in [0.2, 0.25) is 0 Å². The first-order chi connectivity index (χ1) is 8.43. The van der Waals surface area contributed by atoms with E-state index in [4.69, 9.17) is 0 Å². The van der Waals surface area contributed by atoms with Crippen molar-refractivity contribution < 1.29 is 22.4 Å². The van der Waals surface area contributed by atoms with Crippen LogP contribution in [0.3, 0.4) is 0 Å². The number of fused-ring (bicyclic) bond motifs is 1. The molecular formula is C8H5F4N5O. The molecule has 0 radical (unpaired) electrons. The van der Waals surface area contributed by atoms with Gasteiger partial charge >= 0.3 is 18.3 Å². The SMILES string of the molecule is O=C(Nc1ncnc2nc[nH]c12)C(F)(F)C(F)F. The highest BCUT2D eigenvalue weighted by Crippen LogP contribution is 2.25. The summed E-state index contributed by atoms with van der Waals surface area (Å²) in [6.07, 6.45) is -1.95. The van der Waals surface area contributed by atoms with Crippen molar-refractivity contribution in [3.8, 4) is 0 Å². The van der Waals surface area contributed by atoms with Crippen LogP contribution >= 0.6 is 0 Å². The van der Waals surface area contributed by atoms with Gasteiger partial charge in [-0.3, -0.25) is 4.79 Å². The molecule has 1 amide bonds. The highest BCUT2D eigenvalue weighted by atomic mass is 19.3. The van der Waals surface area contributed by atoms with E-state index in [-0.39, 0.29) is 17.0 Å². The van der Waals surface area contributed by atoms with Crippen molar-refractivity contribution in [2.45, 2.75) is 12.3 Å². The summed E-state index contributed by atoms with van der Waals surface area (Å²) in [5, 5.41) is 1.60. The first-order valence-electron chi connectivity index (χ1n) is 4.54. The van der Waals surface area contributed by atoms with Crippen molar-refractivity contribution in [1.29, 1.82) is 0 Å². The minimum absolute atomic E-state index is 0.0657. The van der Waals surface area contributed by atoms with Gasteiger partial charge in [0, 0.05) is 0 Å². The van der Waals surface area contributed by atoms with Gasteiger partial charge in [-0.15, -0.1) is 0 Å². The molecule has 0 bridgehead atoms. The van der Waals surface area contributed by atoms with E-state index < -0.39 is 18.3 Å². The minimum atomic E-state index is -4.79. The van der Waals surface area contributed by atoms with Gasteiger partial charge in [-0.25, -0.2) is 23.7 Å². The van der Waals surface area contributed by atoms with Crippen LogP contribution < -0.4 is 5.32 Å². The lowest BCUT2D eigenvalue weighted by atomic mass is 10.3. The number of halogens is 4. The topological polar surface area (TPSA) is 83.6 Å². The molecule has 0 saturated carbocycles. The summed E-state index contributed by atoms with van der Waals surface area (Å²) < 4.78 is 49.4. The number of hydrogen-bond acceptors (Lipinski definition) is 4. The molecule has 0 aromatic carbocycles. The average molecular weight is 263 g/mol. The normalized spacial score (nSPS) is 12.1. The molecule has 2 aromatic rings. The van der Waals surface area contributed by atoms with Crippen molar-refractivity contribution in [3.05, 3.63) is 12.7 Å². The number of aromatic nitrogens is 4. The smallest absolute Gasteiger partial charge is 0.340 e. The Hall–Kier alpha value is -2.26. The summed E-state index contributed by atoms with van der Waals surface area (Å²) in [5.41, 5.74) is 0.177. The Labute approximate surface area is 96.4 Å². The van der Waals surface area contributed by atoms with Crippen LogP contribution in [0.15, 0.2) is 12.7 Å². The van der Waals surface area contributed by atoms with Crippen LogP contribution in [0, 0.1) is 0 Å². The van der Waals surface area contributed by atoms with E-state index in [1.54, 1.807) is 5.32 Å².